The van der Waals surface area contributed by atoms with Crippen LogP contribution in [-0.2, 0) is 4.79 Å². The molecule has 182 valence electrons. The fourth-order valence-corrected chi connectivity index (χ4v) is 4.41. The lowest BCUT2D eigenvalue weighted by atomic mass is 10.1. The van der Waals surface area contributed by atoms with Crippen molar-refractivity contribution in [3.05, 3.63) is 77.3 Å². The molecule has 0 unspecified atom stereocenters. The lowest BCUT2D eigenvalue weighted by molar-refractivity contribution is -0.132. The number of aromatic nitrogens is 2. The Labute approximate surface area is 211 Å². The van der Waals surface area contributed by atoms with E-state index in [-0.39, 0.29) is 24.3 Å². The van der Waals surface area contributed by atoms with E-state index in [1.54, 1.807) is 17.0 Å². The summed E-state index contributed by atoms with van der Waals surface area (Å²) >= 11 is 6.27. The maximum Gasteiger partial charge on any atom is 0.254 e. The van der Waals surface area contributed by atoms with Gasteiger partial charge in [0, 0.05) is 43.9 Å². The molecular weight excluding hydrogens is 462 g/mol. The molecule has 0 saturated carbocycles. The summed E-state index contributed by atoms with van der Waals surface area (Å²) in [6.45, 7) is 7.17. The molecular formula is C27H30ClN5O2. The number of piperazine rings is 1. The van der Waals surface area contributed by atoms with Crippen LogP contribution in [0.1, 0.15) is 24.2 Å². The molecule has 1 aliphatic rings. The third-order valence-corrected chi connectivity index (χ3v) is 6.31. The van der Waals surface area contributed by atoms with E-state index in [9.17, 15) is 9.59 Å². The molecule has 1 saturated heterocycles. The predicted octanol–water partition coefficient (Wildman–Crippen LogP) is 4.24. The van der Waals surface area contributed by atoms with Gasteiger partial charge in [0.1, 0.15) is 6.54 Å². The van der Waals surface area contributed by atoms with Crippen LogP contribution in [0.2, 0.25) is 5.02 Å². The van der Waals surface area contributed by atoms with Crippen molar-refractivity contribution < 1.29 is 9.59 Å². The van der Waals surface area contributed by atoms with Crippen LogP contribution in [-0.4, -0.2) is 71.1 Å². The van der Waals surface area contributed by atoms with Crippen LogP contribution in [0.5, 0.6) is 0 Å². The van der Waals surface area contributed by atoms with Gasteiger partial charge in [-0.1, -0.05) is 61.8 Å². The molecule has 0 spiro atoms. The topological polar surface area (TPSA) is 69.6 Å². The molecule has 0 radical (unpaired) electrons. The van der Waals surface area contributed by atoms with Gasteiger partial charge in [-0.05, 0) is 36.2 Å². The molecule has 0 aliphatic carbocycles. The summed E-state index contributed by atoms with van der Waals surface area (Å²) in [5.74, 6) is 0.892. The fraction of sp³-hybridized carbons (Fsp3) is 0.333. The van der Waals surface area contributed by atoms with E-state index in [1.807, 2.05) is 73.3 Å². The van der Waals surface area contributed by atoms with Crippen LogP contribution >= 0.6 is 11.6 Å². The minimum absolute atomic E-state index is 0.0327. The molecule has 7 nitrogen and oxygen atoms in total. The Morgan fingerprint density at radius 2 is 1.60 bits per heavy atom. The standard InChI is InChI=1S/C27H30ClN5O2/c1-20(2)18-33(27(35)21-8-4-3-5-9-21)19-26(34)32-16-14-31(15-17-32)25-13-12-24(29-30-25)22-10-6-7-11-23(22)28/h3-13,20H,14-19H2,1-2H3. The quantitative estimate of drug-likeness (QED) is 0.494. The van der Waals surface area contributed by atoms with Crippen molar-refractivity contribution in [2.75, 3.05) is 44.2 Å². The zero-order valence-corrected chi connectivity index (χ0v) is 20.9. The summed E-state index contributed by atoms with van der Waals surface area (Å²) in [6.07, 6.45) is 0. The number of rotatable bonds is 7. The average molecular weight is 492 g/mol. The molecule has 4 rings (SSSR count). The highest BCUT2D eigenvalue weighted by atomic mass is 35.5. The summed E-state index contributed by atoms with van der Waals surface area (Å²) in [6, 6.07) is 20.5. The van der Waals surface area contributed by atoms with Gasteiger partial charge in [0.2, 0.25) is 5.91 Å². The van der Waals surface area contributed by atoms with Crippen molar-refractivity contribution in [2.24, 2.45) is 5.92 Å². The molecule has 2 amide bonds. The van der Waals surface area contributed by atoms with Crippen molar-refractivity contribution >= 4 is 29.2 Å². The van der Waals surface area contributed by atoms with E-state index in [0.29, 0.717) is 43.3 Å². The molecule has 1 aliphatic heterocycles. The van der Waals surface area contributed by atoms with E-state index in [0.717, 1.165) is 17.1 Å². The van der Waals surface area contributed by atoms with Crippen molar-refractivity contribution in [1.29, 1.82) is 0 Å². The monoisotopic (exact) mass is 491 g/mol. The number of amides is 2. The minimum atomic E-state index is -0.111. The number of anilines is 1. The van der Waals surface area contributed by atoms with Gasteiger partial charge in [-0.3, -0.25) is 9.59 Å². The summed E-state index contributed by atoms with van der Waals surface area (Å²) in [4.78, 5) is 31.7. The second-order valence-electron chi connectivity index (χ2n) is 9.07. The Hall–Kier alpha value is -3.45. The first kappa shape index (κ1) is 24.7. The zero-order valence-electron chi connectivity index (χ0n) is 20.1. The van der Waals surface area contributed by atoms with E-state index in [4.69, 9.17) is 11.6 Å². The van der Waals surface area contributed by atoms with E-state index >= 15 is 0 Å². The number of benzene rings is 2. The third-order valence-electron chi connectivity index (χ3n) is 5.98. The zero-order chi connectivity index (χ0) is 24.8. The molecule has 3 aromatic rings. The van der Waals surface area contributed by atoms with E-state index in [2.05, 4.69) is 15.1 Å². The normalized spacial score (nSPS) is 13.7. The van der Waals surface area contributed by atoms with Crippen molar-refractivity contribution in [2.45, 2.75) is 13.8 Å². The molecule has 1 aromatic heterocycles. The Morgan fingerprint density at radius 1 is 0.914 bits per heavy atom. The summed E-state index contributed by atoms with van der Waals surface area (Å²) in [5.41, 5.74) is 2.17. The molecule has 1 fully saturated rings. The van der Waals surface area contributed by atoms with Gasteiger partial charge in [0.15, 0.2) is 5.82 Å². The first-order chi connectivity index (χ1) is 16.9. The molecule has 2 heterocycles. The Bertz CT molecular complexity index is 1150. The van der Waals surface area contributed by atoms with Crippen molar-refractivity contribution in [1.82, 2.24) is 20.0 Å². The first-order valence-electron chi connectivity index (χ1n) is 11.9. The van der Waals surface area contributed by atoms with Crippen LogP contribution < -0.4 is 4.90 Å². The van der Waals surface area contributed by atoms with Gasteiger partial charge in [0.05, 0.1) is 10.7 Å². The molecule has 35 heavy (non-hydrogen) atoms. The highest BCUT2D eigenvalue weighted by Gasteiger charge is 2.26. The maximum absolute atomic E-state index is 13.1. The van der Waals surface area contributed by atoms with Crippen LogP contribution in [0.25, 0.3) is 11.3 Å². The van der Waals surface area contributed by atoms with Gasteiger partial charge < -0.3 is 14.7 Å². The lowest BCUT2D eigenvalue weighted by Gasteiger charge is -2.36. The second-order valence-corrected chi connectivity index (χ2v) is 9.48. The fourth-order valence-electron chi connectivity index (χ4n) is 4.18. The third kappa shape index (κ3) is 6.17. The van der Waals surface area contributed by atoms with Gasteiger partial charge in [0.25, 0.3) is 5.91 Å². The minimum Gasteiger partial charge on any atom is -0.352 e. The first-order valence-corrected chi connectivity index (χ1v) is 12.3. The summed E-state index contributed by atoms with van der Waals surface area (Å²) in [7, 11) is 0. The largest absolute Gasteiger partial charge is 0.352 e. The average Bonchev–Trinajstić information content (AvgIpc) is 2.88. The molecule has 8 heteroatoms. The van der Waals surface area contributed by atoms with E-state index in [1.165, 1.54) is 0 Å². The van der Waals surface area contributed by atoms with Gasteiger partial charge in [-0.25, -0.2) is 0 Å². The van der Waals surface area contributed by atoms with Crippen molar-refractivity contribution in [3.8, 4) is 11.3 Å². The highest BCUT2D eigenvalue weighted by Crippen LogP contribution is 2.26. The second kappa shape index (κ2) is 11.3. The number of hydrogen-bond donors (Lipinski definition) is 0. The predicted molar refractivity (Wildman–Crippen MR) is 138 cm³/mol. The summed E-state index contributed by atoms with van der Waals surface area (Å²) < 4.78 is 0. The van der Waals surface area contributed by atoms with Crippen LogP contribution in [0, 0.1) is 5.92 Å². The number of carbonyl (C=O) groups is 2. The molecule has 0 atom stereocenters. The van der Waals surface area contributed by atoms with Gasteiger partial charge >= 0.3 is 0 Å². The number of halogens is 1. The Balaban J connectivity index is 1.35. The summed E-state index contributed by atoms with van der Waals surface area (Å²) in [5, 5.41) is 9.38. The molecule has 0 N–H and O–H groups in total. The molecule has 0 bridgehead atoms. The van der Waals surface area contributed by atoms with E-state index < -0.39 is 0 Å². The Kier molecular flexibility index (Phi) is 7.98. The molecule has 2 aromatic carbocycles. The number of nitrogens with zero attached hydrogens (tertiary/aromatic N) is 5. The van der Waals surface area contributed by atoms with Crippen molar-refractivity contribution in [3.63, 3.8) is 0 Å². The van der Waals surface area contributed by atoms with Crippen LogP contribution in [0.3, 0.4) is 0 Å². The number of hydrogen-bond acceptors (Lipinski definition) is 5. The smallest absolute Gasteiger partial charge is 0.254 e. The number of carbonyl (C=O) groups excluding carboxylic acids is 2. The maximum atomic E-state index is 13.1. The van der Waals surface area contributed by atoms with Gasteiger partial charge in [-0.2, -0.15) is 0 Å². The van der Waals surface area contributed by atoms with Crippen LogP contribution in [0.15, 0.2) is 66.7 Å². The highest BCUT2D eigenvalue weighted by molar-refractivity contribution is 6.33. The SMILES string of the molecule is CC(C)CN(CC(=O)N1CCN(c2ccc(-c3ccccc3Cl)nn2)CC1)C(=O)c1ccccc1. The lowest BCUT2D eigenvalue weighted by Crippen LogP contribution is -2.52. The van der Waals surface area contributed by atoms with Gasteiger partial charge in [-0.15, -0.1) is 10.2 Å². The van der Waals surface area contributed by atoms with Crippen LogP contribution in [0.4, 0.5) is 5.82 Å². The Morgan fingerprint density at radius 3 is 2.23 bits per heavy atom.